The number of para-hydroxylation sites is 1. The number of alkyl halides is 3. The number of benzene rings is 2. The lowest BCUT2D eigenvalue weighted by molar-refractivity contribution is -0.388. The molecule has 1 atom stereocenters. The maximum Gasteiger partial charge on any atom is 0.426 e. The first kappa shape index (κ1) is 16.4. The van der Waals surface area contributed by atoms with Gasteiger partial charge in [-0.25, -0.2) is 0 Å². The highest BCUT2D eigenvalue weighted by Gasteiger charge is 2.59. The lowest BCUT2D eigenvalue weighted by Crippen LogP contribution is -2.44. The molecule has 2 aromatic rings. The second-order valence-electron chi connectivity index (χ2n) is 4.46. The largest absolute Gasteiger partial charge is 0.426 e. The molecule has 0 bridgehead atoms. The van der Waals surface area contributed by atoms with Crippen molar-refractivity contribution in [2.75, 3.05) is 0 Å². The van der Waals surface area contributed by atoms with Gasteiger partial charge in [-0.05, 0) is 12.1 Å². The van der Waals surface area contributed by atoms with Crippen molar-refractivity contribution in [3.05, 3.63) is 74.2 Å². The zero-order valence-corrected chi connectivity index (χ0v) is 12.4. The van der Waals surface area contributed by atoms with Crippen LogP contribution in [0.2, 0.25) is 0 Å². The molecule has 0 aromatic heterocycles. The second kappa shape index (κ2) is 5.69. The van der Waals surface area contributed by atoms with Crippen LogP contribution >= 0.6 is 15.9 Å². The van der Waals surface area contributed by atoms with Crippen molar-refractivity contribution in [2.24, 2.45) is 0 Å². The molecular weight excluding hydrogens is 367 g/mol. The van der Waals surface area contributed by atoms with Gasteiger partial charge in [-0.1, -0.05) is 46.3 Å². The van der Waals surface area contributed by atoms with E-state index >= 15 is 0 Å². The van der Waals surface area contributed by atoms with Gasteiger partial charge in [-0.2, -0.15) is 13.2 Å². The van der Waals surface area contributed by atoms with Gasteiger partial charge in [-0.15, -0.1) is 0 Å². The summed E-state index contributed by atoms with van der Waals surface area (Å²) >= 11 is 2.95. The van der Waals surface area contributed by atoms with Crippen molar-refractivity contribution < 1.29 is 23.2 Å². The average Bonchev–Trinajstić information content (AvgIpc) is 2.45. The molecule has 8 heteroatoms. The van der Waals surface area contributed by atoms with E-state index in [2.05, 4.69) is 15.9 Å². The normalized spacial score (nSPS) is 14.4. The molecule has 0 aliphatic rings. The zero-order chi connectivity index (χ0) is 16.5. The molecular formula is C14H9BrF3NO3. The third-order valence-corrected chi connectivity index (χ3v) is 3.86. The Morgan fingerprint density at radius 2 is 1.50 bits per heavy atom. The third kappa shape index (κ3) is 2.59. The fraction of sp³-hybridized carbons (Fsp3) is 0.143. The molecule has 0 aliphatic carbocycles. The summed E-state index contributed by atoms with van der Waals surface area (Å²) in [7, 11) is 0. The van der Waals surface area contributed by atoms with Crippen molar-refractivity contribution in [3.63, 3.8) is 0 Å². The number of aliphatic hydroxyl groups is 1. The minimum atomic E-state index is -5.15. The van der Waals surface area contributed by atoms with E-state index in [1.807, 2.05) is 0 Å². The van der Waals surface area contributed by atoms with E-state index in [1.165, 1.54) is 30.3 Å². The van der Waals surface area contributed by atoms with Crippen LogP contribution in [0.4, 0.5) is 18.9 Å². The molecule has 0 amide bonds. The third-order valence-electron chi connectivity index (χ3n) is 3.16. The van der Waals surface area contributed by atoms with Gasteiger partial charge in [0.2, 0.25) is 5.60 Å². The molecule has 22 heavy (non-hydrogen) atoms. The molecule has 2 rings (SSSR count). The molecule has 0 fully saturated rings. The number of halogens is 4. The lowest BCUT2D eigenvalue weighted by Gasteiger charge is -2.31. The van der Waals surface area contributed by atoms with Gasteiger partial charge in [0.1, 0.15) is 0 Å². The Kier molecular flexibility index (Phi) is 4.25. The van der Waals surface area contributed by atoms with Gasteiger partial charge in [0, 0.05) is 16.1 Å². The molecule has 1 N–H and O–H groups in total. The number of hydrogen-bond donors (Lipinski definition) is 1. The van der Waals surface area contributed by atoms with E-state index < -0.39 is 33.5 Å². The smallest absolute Gasteiger partial charge is 0.372 e. The lowest BCUT2D eigenvalue weighted by atomic mass is 9.84. The SMILES string of the molecule is O=[N+]([O-])c1ccccc1C(O)(c1ccccc1Br)C(F)(F)F. The van der Waals surface area contributed by atoms with Gasteiger partial charge in [-0.3, -0.25) is 10.1 Å². The van der Waals surface area contributed by atoms with E-state index in [9.17, 15) is 28.4 Å². The summed E-state index contributed by atoms with van der Waals surface area (Å²) in [6, 6.07) is 9.42. The van der Waals surface area contributed by atoms with Crippen LogP contribution < -0.4 is 0 Å². The highest BCUT2D eigenvalue weighted by atomic mass is 79.9. The van der Waals surface area contributed by atoms with Crippen LogP contribution in [0.15, 0.2) is 53.0 Å². The first-order valence-corrected chi connectivity index (χ1v) is 6.77. The molecule has 0 heterocycles. The molecule has 0 spiro atoms. The van der Waals surface area contributed by atoms with Crippen molar-refractivity contribution in [3.8, 4) is 0 Å². The predicted molar refractivity (Wildman–Crippen MR) is 76.3 cm³/mol. The van der Waals surface area contributed by atoms with E-state index in [4.69, 9.17) is 0 Å². The molecule has 4 nitrogen and oxygen atoms in total. The standard InChI is InChI=1S/C14H9BrF3NO3/c15-11-7-3-1-5-9(11)13(20,14(16,17)18)10-6-2-4-8-12(10)19(21)22/h1-8,20H. The van der Waals surface area contributed by atoms with Crippen LogP contribution in [-0.4, -0.2) is 16.2 Å². The highest BCUT2D eigenvalue weighted by Crippen LogP contribution is 2.48. The summed E-state index contributed by atoms with van der Waals surface area (Å²) in [4.78, 5) is 10.1. The van der Waals surface area contributed by atoms with E-state index in [0.29, 0.717) is 0 Å². The van der Waals surface area contributed by atoms with Crippen LogP contribution in [0.5, 0.6) is 0 Å². The Morgan fingerprint density at radius 3 is 2.00 bits per heavy atom. The van der Waals surface area contributed by atoms with Crippen LogP contribution in [0.1, 0.15) is 11.1 Å². The Bertz CT molecular complexity index is 720. The summed E-state index contributed by atoms with van der Waals surface area (Å²) in [6.45, 7) is 0. The number of nitro benzene ring substituents is 1. The quantitative estimate of drug-likeness (QED) is 0.647. The second-order valence-corrected chi connectivity index (χ2v) is 5.32. The molecule has 0 aliphatic heterocycles. The monoisotopic (exact) mass is 375 g/mol. The average molecular weight is 376 g/mol. The Hall–Kier alpha value is -1.93. The fourth-order valence-electron chi connectivity index (χ4n) is 2.14. The number of nitro groups is 1. The molecule has 0 saturated heterocycles. The number of hydrogen-bond acceptors (Lipinski definition) is 3. The predicted octanol–water partition coefficient (Wildman–Crippen LogP) is 4.16. The van der Waals surface area contributed by atoms with E-state index in [-0.39, 0.29) is 4.47 Å². The molecule has 0 saturated carbocycles. The minimum Gasteiger partial charge on any atom is -0.372 e. The van der Waals surface area contributed by atoms with Gasteiger partial charge in [0.15, 0.2) is 0 Å². The number of rotatable bonds is 3. The van der Waals surface area contributed by atoms with E-state index in [0.717, 1.165) is 18.2 Å². The summed E-state index contributed by atoms with van der Waals surface area (Å²) < 4.78 is 40.8. The summed E-state index contributed by atoms with van der Waals surface area (Å²) in [6.07, 6.45) is -5.15. The van der Waals surface area contributed by atoms with Crippen molar-refractivity contribution in [1.82, 2.24) is 0 Å². The first-order chi connectivity index (χ1) is 10.2. The van der Waals surface area contributed by atoms with Crippen molar-refractivity contribution in [1.29, 1.82) is 0 Å². The highest BCUT2D eigenvalue weighted by molar-refractivity contribution is 9.10. The van der Waals surface area contributed by atoms with Crippen LogP contribution in [0.3, 0.4) is 0 Å². The maximum atomic E-state index is 13.6. The Labute approximate surface area is 131 Å². The van der Waals surface area contributed by atoms with Crippen molar-refractivity contribution >= 4 is 21.6 Å². The first-order valence-electron chi connectivity index (χ1n) is 5.97. The maximum absolute atomic E-state index is 13.6. The molecule has 0 radical (unpaired) electrons. The van der Waals surface area contributed by atoms with Gasteiger partial charge >= 0.3 is 6.18 Å². The van der Waals surface area contributed by atoms with Gasteiger partial charge in [0.05, 0.1) is 10.5 Å². The topological polar surface area (TPSA) is 63.4 Å². The zero-order valence-electron chi connectivity index (χ0n) is 10.8. The summed E-state index contributed by atoms with van der Waals surface area (Å²) in [5.41, 5.74) is -5.66. The van der Waals surface area contributed by atoms with Gasteiger partial charge in [0.25, 0.3) is 5.69 Å². The molecule has 1 unspecified atom stereocenters. The summed E-state index contributed by atoms with van der Waals surface area (Å²) in [5, 5.41) is 21.5. The Morgan fingerprint density at radius 1 is 1.00 bits per heavy atom. The van der Waals surface area contributed by atoms with Crippen molar-refractivity contribution in [2.45, 2.75) is 11.8 Å². The molecule has 116 valence electrons. The van der Waals surface area contributed by atoms with Crippen LogP contribution in [-0.2, 0) is 5.60 Å². The van der Waals surface area contributed by atoms with E-state index in [1.54, 1.807) is 0 Å². The van der Waals surface area contributed by atoms with Crippen LogP contribution in [0.25, 0.3) is 0 Å². The van der Waals surface area contributed by atoms with Crippen LogP contribution in [0, 0.1) is 10.1 Å². The van der Waals surface area contributed by atoms with Gasteiger partial charge < -0.3 is 5.11 Å². The summed E-state index contributed by atoms with van der Waals surface area (Å²) in [5.74, 6) is 0. The molecule has 2 aromatic carbocycles. The Balaban J connectivity index is 2.84. The number of nitrogens with zero attached hydrogens (tertiary/aromatic N) is 1. The minimum absolute atomic E-state index is 0.00650. The fourth-order valence-corrected chi connectivity index (χ4v) is 2.72.